The van der Waals surface area contributed by atoms with Gasteiger partial charge in [0.15, 0.2) is 0 Å². The lowest BCUT2D eigenvalue weighted by Gasteiger charge is -2.33. The smallest absolute Gasteiger partial charge is 0.305 e. The van der Waals surface area contributed by atoms with Crippen LogP contribution in [-0.2, 0) is 9.53 Å². The zero-order valence-corrected chi connectivity index (χ0v) is 11.2. The van der Waals surface area contributed by atoms with E-state index >= 15 is 0 Å². The largest absolute Gasteiger partial charge is 0.481 e. The predicted octanol–water partition coefficient (Wildman–Crippen LogP) is 1.85. The Labute approximate surface area is 113 Å². The zero-order chi connectivity index (χ0) is 13.7. The van der Waals surface area contributed by atoms with E-state index in [1.165, 1.54) is 5.69 Å². The lowest BCUT2D eigenvalue weighted by Crippen LogP contribution is -2.37. The molecule has 0 unspecified atom stereocenters. The predicted molar refractivity (Wildman–Crippen MR) is 72.4 cm³/mol. The van der Waals surface area contributed by atoms with Crippen LogP contribution in [0.3, 0.4) is 0 Å². The normalized spacial score (nSPS) is 16.6. The second-order valence-corrected chi connectivity index (χ2v) is 4.86. The molecular weight excluding hydrogens is 244 g/mol. The van der Waals surface area contributed by atoms with E-state index in [1.54, 1.807) is 0 Å². The molecule has 0 aliphatic carbocycles. The number of ether oxygens (including phenoxy) is 1. The molecule has 0 aromatic carbocycles. The topological polar surface area (TPSA) is 62.7 Å². The van der Waals surface area contributed by atoms with Crippen LogP contribution >= 0.6 is 0 Å². The number of nitrogens with zero attached hydrogens (tertiary/aromatic N) is 2. The number of carboxylic acid groups (broad SMARTS) is 1. The van der Waals surface area contributed by atoms with Crippen molar-refractivity contribution < 1.29 is 14.6 Å². The summed E-state index contributed by atoms with van der Waals surface area (Å²) >= 11 is 0. The van der Waals surface area contributed by atoms with Gasteiger partial charge in [-0.2, -0.15) is 0 Å². The van der Waals surface area contributed by atoms with E-state index in [2.05, 4.69) is 16.0 Å². The highest BCUT2D eigenvalue weighted by atomic mass is 16.5. The number of hydrogen-bond donors (Lipinski definition) is 1. The first kappa shape index (κ1) is 13.8. The van der Waals surface area contributed by atoms with Gasteiger partial charge in [0.05, 0.1) is 19.1 Å². The molecule has 2 rings (SSSR count). The van der Waals surface area contributed by atoms with Crippen molar-refractivity contribution in [2.45, 2.75) is 32.3 Å². The number of carboxylic acids is 1. The third kappa shape index (κ3) is 4.21. The molecule has 1 saturated heterocycles. The number of piperidine rings is 1. The third-order valence-electron chi connectivity index (χ3n) is 3.36. The number of rotatable bonds is 5. The molecule has 0 radical (unpaired) electrons. The van der Waals surface area contributed by atoms with Crippen molar-refractivity contribution in [2.24, 2.45) is 0 Å². The summed E-state index contributed by atoms with van der Waals surface area (Å²) in [5.41, 5.74) is 2.23. The van der Waals surface area contributed by atoms with Crippen LogP contribution in [0, 0.1) is 6.92 Å². The molecule has 0 amide bonds. The standard InChI is InChI=1S/C14H20N2O3/c1-11-10-12(2-6-15-11)16-7-3-13(4-8-16)19-9-5-14(17)18/h2,6,10,13H,3-5,7-9H2,1H3,(H,17,18). The van der Waals surface area contributed by atoms with Gasteiger partial charge in [-0.15, -0.1) is 0 Å². The summed E-state index contributed by atoms with van der Waals surface area (Å²) in [5, 5.41) is 8.57. The number of anilines is 1. The van der Waals surface area contributed by atoms with E-state index in [0.717, 1.165) is 31.6 Å². The van der Waals surface area contributed by atoms with Crippen molar-refractivity contribution in [3.05, 3.63) is 24.0 Å². The van der Waals surface area contributed by atoms with Gasteiger partial charge in [-0.1, -0.05) is 0 Å². The summed E-state index contributed by atoms with van der Waals surface area (Å²) in [5.74, 6) is -0.801. The van der Waals surface area contributed by atoms with Gasteiger partial charge >= 0.3 is 5.97 Å². The summed E-state index contributed by atoms with van der Waals surface area (Å²) in [6, 6.07) is 4.12. The number of hydrogen-bond acceptors (Lipinski definition) is 4. The number of aliphatic carboxylic acids is 1. The molecule has 5 nitrogen and oxygen atoms in total. The molecular formula is C14H20N2O3. The molecule has 0 bridgehead atoms. The zero-order valence-electron chi connectivity index (χ0n) is 11.2. The van der Waals surface area contributed by atoms with E-state index in [1.807, 2.05) is 19.2 Å². The fourth-order valence-electron chi connectivity index (χ4n) is 2.32. The van der Waals surface area contributed by atoms with Crippen molar-refractivity contribution in [3.63, 3.8) is 0 Å². The summed E-state index contributed by atoms with van der Waals surface area (Å²) in [6.45, 7) is 4.20. The average Bonchev–Trinajstić information content (AvgIpc) is 2.39. The number of aryl methyl sites for hydroxylation is 1. The molecule has 5 heteroatoms. The molecule has 0 saturated carbocycles. The number of aromatic nitrogens is 1. The quantitative estimate of drug-likeness (QED) is 0.879. The fourth-order valence-corrected chi connectivity index (χ4v) is 2.32. The van der Waals surface area contributed by atoms with Gasteiger partial charge in [0, 0.05) is 30.7 Å². The minimum Gasteiger partial charge on any atom is -0.481 e. The Morgan fingerprint density at radius 2 is 2.26 bits per heavy atom. The molecule has 0 atom stereocenters. The van der Waals surface area contributed by atoms with Crippen molar-refractivity contribution in [3.8, 4) is 0 Å². The molecule has 1 fully saturated rings. The molecule has 1 aliphatic heterocycles. The van der Waals surface area contributed by atoms with Crippen molar-refractivity contribution in [1.82, 2.24) is 4.98 Å². The average molecular weight is 264 g/mol. The lowest BCUT2D eigenvalue weighted by molar-refractivity contribution is -0.138. The second kappa shape index (κ2) is 6.52. The highest BCUT2D eigenvalue weighted by Gasteiger charge is 2.20. The molecule has 1 aromatic heterocycles. The van der Waals surface area contributed by atoms with Crippen LogP contribution < -0.4 is 4.90 Å². The number of carbonyl (C=O) groups is 1. The molecule has 19 heavy (non-hydrogen) atoms. The Bertz CT molecular complexity index is 428. The Balaban J connectivity index is 1.77. The van der Waals surface area contributed by atoms with Gasteiger partial charge in [0.25, 0.3) is 0 Å². The minimum absolute atomic E-state index is 0.0871. The van der Waals surface area contributed by atoms with Crippen LogP contribution in [0.5, 0.6) is 0 Å². The maximum Gasteiger partial charge on any atom is 0.305 e. The van der Waals surface area contributed by atoms with Crippen LogP contribution in [0.1, 0.15) is 25.0 Å². The van der Waals surface area contributed by atoms with Gasteiger partial charge in [0.1, 0.15) is 0 Å². The molecule has 1 aliphatic rings. The van der Waals surface area contributed by atoms with E-state index in [-0.39, 0.29) is 12.5 Å². The van der Waals surface area contributed by atoms with Gasteiger partial charge in [-0.05, 0) is 31.9 Å². The van der Waals surface area contributed by atoms with E-state index in [9.17, 15) is 4.79 Å². The van der Waals surface area contributed by atoms with Gasteiger partial charge in [-0.3, -0.25) is 9.78 Å². The summed E-state index contributed by atoms with van der Waals surface area (Å²) in [6.07, 6.45) is 4.00. The van der Waals surface area contributed by atoms with Gasteiger partial charge < -0.3 is 14.7 Å². The van der Waals surface area contributed by atoms with E-state index < -0.39 is 5.97 Å². The Morgan fingerprint density at radius 1 is 1.53 bits per heavy atom. The monoisotopic (exact) mass is 264 g/mol. The van der Waals surface area contributed by atoms with Crippen LogP contribution in [-0.4, -0.2) is 41.9 Å². The first-order chi connectivity index (χ1) is 9.15. The fraction of sp³-hybridized carbons (Fsp3) is 0.571. The number of pyridine rings is 1. The molecule has 2 heterocycles. The SMILES string of the molecule is Cc1cc(N2CCC(OCCC(=O)O)CC2)ccn1. The van der Waals surface area contributed by atoms with Crippen LogP contribution in [0.15, 0.2) is 18.3 Å². The third-order valence-corrected chi connectivity index (χ3v) is 3.36. The second-order valence-electron chi connectivity index (χ2n) is 4.86. The van der Waals surface area contributed by atoms with Gasteiger partial charge in [-0.25, -0.2) is 0 Å². The molecule has 1 N–H and O–H groups in total. The van der Waals surface area contributed by atoms with Crippen LogP contribution in [0.25, 0.3) is 0 Å². The van der Waals surface area contributed by atoms with Gasteiger partial charge in [0.2, 0.25) is 0 Å². The summed E-state index contributed by atoms with van der Waals surface area (Å²) < 4.78 is 5.58. The highest BCUT2D eigenvalue weighted by molar-refractivity contribution is 5.66. The molecule has 0 spiro atoms. The van der Waals surface area contributed by atoms with Crippen LogP contribution in [0.2, 0.25) is 0 Å². The Kier molecular flexibility index (Phi) is 4.74. The Morgan fingerprint density at radius 3 is 2.89 bits per heavy atom. The molecule has 1 aromatic rings. The first-order valence-corrected chi connectivity index (χ1v) is 6.66. The summed E-state index contributed by atoms with van der Waals surface area (Å²) in [4.78, 5) is 16.9. The first-order valence-electron chi connectivity index (χ1n) is 6.66. The van der Waals surface area contributed by atoms with Crippen LogP contribution in [0.4, 0.5) is 5.69 Å². The summed E-state index contributed by atoms with van der Waals surface area (Å²) in [7, 11) is 0. The van der Waals surface area contributed by atoms with Crippen molar-refractivity contribution >= 4 is 11.7 Å². The maximum atomic E-state index is 10.4. The van der Waals surface area contributed by atoms with E-state index in [4.69, 9.17) is 9.84 Å². The Hall–Kier alpha value is -1.62. The lowest BCUT2D eigenvalue weighted by atomic mass is 10.1. The van der Waals surface area contributed by atoms with Crippen molar-refractivity contribution in [2.75, 3.05) is 24.6 Å². The minimum atomic E-state index is -0.801. The van der Waals surface area contributed by atoms with Crippen molar-refractivity contribution in [1.29, 1.82) is 0 Å². The maximum absolute atomic E-state index is 10.4. The molecule has 104 valence electrons. The highest BCUT2D eigenvalue weighted by Crippen LogP contribution is 2.21. The van der Waals surface area contributed by atoms with E-state index in [0.29, 0.717) is 6.61 Å².